The molecule has 1 rings (SSSR count). The summed E-state index contributed by atoms with van der Waals surface area (Å²) >= 11 is 0. The van der Waals surface area contributed by atoms with E-state index in [-0.39, 0.29) is 30.7 Å². The van der Waals surface area contributed by atoms with Crippen LogP contribution in [0.15, 0.2) is 18.3 Å². The monoisotopic (exact) mass is 322 g/mol. The molecule has 1 amide bonds. The maximum Gasteiger partial charge on any atom is 0.251 e. The Balaban J connectivity index is 0. The topological polar surface area (TPSA) is 71.2 Å². The van der Waals surface area contributed by atoms with Gasteiger partial charge in [0.05, 0.1) is 5.69 Å². The normalized spacial score (nSPS) is 9.90. The minimum atomic E-state index is -0.0794. The van der Waals surface area contributed by atoms with E-state index in [4.69, 9.17) is 5.73 Å². The molecular weight excluding hydrogens is 299 g/mol. The Kier molecular flexibility index (Phi) is 11.6. The third-order valence-electron chi connectivity index (χ3n) is 2.92. The first-order valence-electron chi connectivity index (χ1n) is 6.18. The SMILES string of the molecule is CC(C)N(C)CCNC(=O)c1ccnc(CN)c1.Cl.Cl. The number of nitrogens with two attached hydrogens (primary N) is 1. The fourth-order valence-corrected chi connectivity index (χ4v) is 1.44. The molecule has 1 aromatic rings. The van der Waals surface area contributed by atoms with Gasteiger partial charge >= 0.3 is 0 Å². The Hall–Kier alpha value is -0.880. The predicted molar refractivity (Wildman–Crippen MR) is 86.7 cm³/mol. The van der Waals surface area contributed by atoms with Crippen LogP contribution in [-0.2, 0) is 6.54 Å². The second-order valence-electron chi connectivity index (χ2n) is 4.57. The second-order valence-corrected chi connectivity index (χ2v) is 4.57. The van der Waals surface area contributed by atoms with Crippen LogP contribution in [0.25, 0.3) is 0 Å². The van der Waals surface area contributed by atoms with Crippen molar-refractivity contribution in [2.45, 2.75) is 26.4 Å². The smallest absolute Gasteiger partial charge is 0.251 e. The van der Waals surface area contributed by atoms with Gasteiger partial charge in [0.2, 0.25) is 0 Å². The van der Waals surface area contributed by atoms with E-state index in [1.54, 1.807) is 18.3 Å². The maximum atomic E-state index is 11.9. The molecule has 0 saturated carbocycles. The zero-order chi connectivity index (χ0) is 13.5. The highest BCUT2D eigenvalue weighted by molar-refractivity contribution is 5.94. The third kappa shape index (κ3) is 7.05. The molecule has 0 spiro atoms. The van der Waals surface area contributed by atoms with E-state index in [0.717, 1.165) is 12.2 Å². The van der Waals surface area contributed by atoms with Crippen LogP contribution >= 0.6 is 24.8 Å². The lowest BCUT2D eigenvalue weighted by Gasteiger charge is -2.20. The van der Waals surface area contributed by atoms with Gasteiger partial charge in [0, 0.05) is 37.4 Å². The van der Waals surface area contributed by atoms with Crippen LogP contribution in [0.2, 0.25) is 0 Å². The van der Waals surface area contributed by atoms with Crippen molar-refractivity contribution in [1.29, 1.82) is 0 Å². The van der Waals surface area contributed by atoms with Gasteiger partial charge < -0.3 is 16.0 Å². The van der Waals surface area contributed by atoms with Gasteiger partial charge in [-0.15, -0.1) is 24.8 Å². The summed E-state index contributed by atoms with van der Waals surface area (Å²) < 4.78 is 0. The van der Waals surface area contributed by atoms with Crippen molar-refractivity contribution in [3.05, 3.63) is 29.6 Å². The fourth-order valence-electron chi connectivity index (χ4n) is 1.44. The molecule has 0 aliphatic carbocycles. The van der Waals surface area contributed by atoms with Crippen LogP contribution < -0.4 is 11.1 Å². The molecule has 3 N–H and O–H groups in total. The summed E-state index contributed by atoms with van der Waals surface area (Å²) in [5.41, 5.74) is 6.82. The zero-order valence-electron chi connectivity index (χ0n) is 12.1. The number of likely N-dealkylation sites (N-methyl/N-ethyl adjacent to an activating group) is 1. The number of nitrogens with one attached hydrogen (secondary N) is 1. The Morgan fingerprint density at radius 3 is 2.65 bits per heavy atom. The van der Waals surface area contributed by atoms with Crippen LogP contribution in [0.1, 0.15) is 29.9 Å². The largest absolute Gasteiger partial charge is 0.351 e. The molecule has 1 heterocycles. The van der Waals surface area contributed by atoms with Crippen molar-refractivity contribution < 1.29 is 4.79 Å². The number of pyridine rings is 1. The van der Waals surface area contributed by atoms with Crippen LogP contribution in [0.5, 0.6) is 0 Å². The summed E-state index contributed by atoms with van der Waals surface area (Å²) in [5, 5.41) is 2.89. The van der Waals surface area contributed by atoms with E-state index in [2.05, 4.69) is 29.0 Å². The number of hydrogen-bond acceptors (Lipinski definition) is 4. The van der Waals surface area contributed by atoms with E-state index in [1.165, 1.54) is 0 Å². The highest BCUT2D eigenvalue weighted by Gasteiger charge is 2.07. The highest BCUT2D eigenvalue weighted by Crippen LogP contribution is 2.01. The first-order chi connectivity index (χ1) is 8.54. The van der Waals surface area contributed by atoms with Gasteiger partial charge in [0.1, 0.15) is 0 Å². The molecule has 0 aromatic carbocycles. The highest BCUT2D eigenvalue weighted by atomic mass is 35.5. The maximum absolute atomic E-state index is 11.9. The van der Waals surface area contributed by atoms with Gasteiger partial charge in [-0.2, -0.15) is 0 Å². The zero-order valence-corrected chi connectivity index (χ0v) is 13.8. The molecule has 20 heavy (non-hydrogen) atoms. The molecule has 7 heteroatoms. The van der Waals surface area contributed by atoms with Crippen molar-refractivity contribution in [2.75, 3.05) is 20.1 Å². The van der Waals surface area contributed by atoms with E-state index in [9.17, 15) is 4.79 Å². The summed E-state index contributed by atoms with van der Waals surface area (Å²) in [7, 11) is 2.04. The quantitative estimate of drug-likeness (QED) is 0.831. The molecule has 0 aliphatic rings. The Bertz CT molecular complexity index is 402. The lowest BCUT2D eigenvalue weighted by atomic mass is 10.2. The standard InChI is InChI=1S/C13H22N4O.2ClH/c1-10(2)17(3)7-6-16-13(18)11-4-5-15-12(8-11)9-14;;/h4-5,8,10H,6-7,9,14H2,1-3H3,(H,16,18);2*1H. The van der Waals surface area contributed by atoms with Crippen LogP contribution in [0, 0.1) is 0 Å². The second kappa shape index (κ2) is 10.9. The molecule has 0 saturated heterocycles. The third-order valence-corrected chi connectivity index (χ3v) is 2.92. The molecule has 0 unspecified atom stereocenters. The van der Waals surface area contributed by atoms with E-state index in [1.807, 2.05) is 7.05 Å². The van der Waals surface area contributed by atoms with E-state index in [0.29, 0.717) is 24.7 Å². The summed E-state index contributed by atoms with van der Waals surface area (Å²) in [6.45, 7) is 6.06. The van der Waals surface area contributed by atoms with Gasteiger partial charge in [0.15, 0.2) is 0 Å². The predicted octanol–water partition coefficient (Wildman–Crippen LogP) is 1.45. The Labute approximate surface area is 133 Å². The lowest BCUT2D eigenvalue weighted by molar-refractivity contribution is 0.0948. The van der Waals surface area contributed by atoms with Crippen LogP contribution in [0.3, 0.4) is 0 Å². The molecular formula is C13H24Cl2N4O. The van der Waals surface area contributed by atoms with E-state index < -0.39 is 0 Å². The molecule has 0 aliphatic heterocycles. The summed E-state index contributed by atoms with van der Waals surface area (Å²) in [5.74, 6) is -0.0794. The Morgan fingerprint density at radius 2 is 2.10 bits per heavy atom. The molecule has 0 radical (unpaired) electrons. The number of nitrogens with zero attached hydrogens (tertiary/aromatic N) is 2. The lowest BCUT2D eigenvalue weighted by Crippen LogP contribution is -2.36. The minimum absolute atomic E-state index is 0. The number of hydrogen-bond donors (Lipinski definition) is 2. The van der Waals surface area contributed by atoms with Crippen molar-refractivity contribution >= 4 is 30.7 Å². The summed E-state index contributed by atoms with van der Waals surface area (Å²) in [6.07, 6.45) is 1.61. The Morgan fingerprint density at radius 1 is 1.45 bits per heavy atom. The molecule has 0 bridgehead atoms. The number of aromatic nitrogens is 1. The van der Waals surface area contributed by atoms with Crippen molar-refractivity contribution in [3.63, 3.8) is 0 Å². The van der Waals surface area contributed by atoms with Gasteiger partial charge in [0.25, 0.3) is 5.91 Å². The first-order valence-corrected chi connectivity index (χ1v) is 6.18. The van der Waals surface area contributed by atoms with Crippen molar-refractivity contribution in [1.82, 2.24) is 15.2 Å². The van der Waals surface area contributed by atoms with Gasteiger partial charge in [-0.3, -0.25) is 9.78 Å². The number of rotatable bonds is 6. The van der Waals surface area contributed by atoms with Crippen LogP contribution in [-0.4, -0.2) is 42.0 Å². The van der Waals surface area contributed by atoms with Gasteiger partial charge in [-0.1, -0.05) is 0 Å². The van der Waals surface area contributed by atoms with Crippen molar-refractivity contribution in [3.8, 4) is 0 Å². The number of carbonyl (C=O) groups is 1. The van der Waals surface area contributed by atoms with Crippen molar-refractivity contribution in [2.24, 2.45) is 5.73 Å². The van der Waals surface area contributed by atoms with E-state index >= 15 is 0 Å². The average Bonchev–Trinajstić information content (AvgIpc) is 2.38. The van der Waals surface area contributed by atoms with Gasteiger partial charge in [-0.25, -0.2) is 0 Å². The van der Waals surface area contributed by atoms with Gasteiger partial charge in [-0.05, 0) is 33.0 Å². The molecule has 0 fully saturated rings. The number of halogens is 2. The van der Waals surface area contributed by atoms with Crippen LogP contribution in [0.4, 0.5) is 0 Å². The minimum Gasteiger partial charge on any atom is -0.351 e. The number of amides is 1. The summed E-state index contributed by atoms with van der Waals surface area (Å²) in [6, 6.07) is 3.90. The molecule has 116 valence electrons. The first kappa shape index (κ1) is 21.4. The molecule has 1 aromatic heterocycles. The number of carbonyl (C=O) groups excluding carboxylic acids is 1. The average molecular weight is 323 g/mol. The summed E-state index contributed by atoms with van der Waals surface area (Å²) in [4.78, 5) is 18.1. The molecule has 5 nitrogen and oxygen atoms in total. The molecule has 0 atom stereocenters. The fraction of sp³-hybridized carbons (Fsp3) is 0.538.